The topological polar surface area (TPSA) is 23.0 Å². The van der Waals surface area contributed by atoms with Crippen LogP contribution in [0.4, 0.5) is 0 Å². The van der Waals surface area contributed by atoms with Crippen LogP contribution in [0.1, 0.15) is 6.92 Å². The molecule has 59 heavy (non-hydrogen) atoms. The van der Waals surface area contributed by atoms with Gasteiger partial charge < -0.3 is 13.6 Å². The van der Waals surface area contributed by atoms with Crippen molar-refractivity contribution in [3.05, 3.63) is 224 Å². The van der Waals surface area contributed by atoms with Gasteiger partial charge in [-0.2, -0.15) is 0 Å². The van der Waals surface area contributed by atoms with Crippen LogP contribution in [0.15, 0.2) is 229 Å². The van der Waals surface area contributed by atoms with Crippen LogP contribution in [0.25, 0.3) is 76.9 Å². The lowest BCUT2D eigenvalue weighted by molar-refractivity contribution is 0.669. The Balaban J connectivity index is 1.23. The van der Waals surface area contributed by atoms with Crippen LogP contribution in [0, 0.1) is 0 Å². The monoisotopic (exact) mass is 772 g/mol. The molecule has 1 atom stereocenters. The number of nitrogens with zero attached hydrogens (tertiary/aromatic N) is 2. The molecule has 11 aromatic rings. The Morgan fingerprint density at radius 1 is 0.492 bits per heavy atom. The van der Waals surface area contributed by atoms with Crippen LogP contribution in [0.2, 0.25) is 0 Å². The molecule has 0 fully saturated rings. The molecule has 11 rings (SSSR count). The van der Waals surface area contributed by atoms with Crippen LogP contribution in [-0.2, 0) is 0 Å². The minimum atomic E-state index is -3.10. The summed E-state index contributed by atoms with van der Waals surface area (Å²) in [5.41, 5.74) is 8.81. The highest BCUT2D eigenvalue weighted by atomic mass is 28.3. The smallest absolute Gasteiger partial charge is 0.181 e. The summed E-state index contributed by atoms with van der Waals surface area (Å²) in [6.45, 7) is 6.40. The van der Waals surface area contributed by atoms with E-state index in [1.807, 2.05) is 12.1 Å². The molecule has 0 N–H and O–H groups in total. The minimum Gasteiger partial charge on any atom is -0.456 e. The molecule has 0 saturated carbocycles. The third kappa shape index (κ3) is 5.13. The van der Waals surface area contributed by atoms with Crippen molar-refractivity contribution in [2.24, 2.45) is 0 Å². The van der Waals surface area contributed by atoms with Crippen molar-refractivity contribution < 1.29 is 4.42 Å². The van der Waals surface area contributed by atoms with Gasteiger partial charge in [-0.15, -0.1) is 0 Å². The summed E-state index contributed by atoms with van der Waals surface area (Å²) in [6, 6.07) is 68.7. The molecule has 3 heterocycles. The molecule has 3 aromatic heterocycles. The number of furan rings is 1. The van der Waals surface area contributed by atoms with Crippen LogP contribution in [-0.4, -0.2) is 17.2 Å². The van der Waals surface area contributed by atoms with E-state index in [9.17, 15) is 0 Å². The maximum atomic E-state index is 6.39. The Hall–Kier alpha value is -7.40. The summed E-state index contributed by atoms with van der Waals surface area (Å²) in [5.74, 6) is 0. The standard InChI is InChI=1S/C55H40N2OSi/c1-3-18-40(19-4-2)59(41-22-9-6-10-23-41,52-31-17-27-44-43-24-11-14-28-47(43)57(55(44)52)38-20-7-5-8-21-38)42-34-32-39(33-35-42)56-48-29-15-12-25-45(48)53-49(56)36-37-51-54(53)46-26-13-16-30-50(46)58-51/h3-37H,1H2,2H3/b19-4-,40-18+. The zero-order valence-electron chi connectivity index (χ0n) is 32.7. The van der Waals surface area contributed by atoms with E-state index in [2.05, 4.69) is 223 Å². The molecule has 0 aliphatic carbocycles. The van der Waals surface area contributed by atoms with Crippen LogP contribution < -0.4 is 15.6 Å². The van der Waals surface area contributed by atoms with Gasteiger partial charge >= 0.3 is 0 Å². The maximum Gasteiger partial charge on any atom is 0.181 e. The van der Waals surface area contributed by atoms with Crippen LogP contribution in [0.5, 0.6) is 0 Å². The number of aromatic nitrogens is 2. The van der Waals surface area contributed by atoms with Crippen molar-refractivity contribution >= 4 is 89.2 Å². The van der Waals surface area contributed by atoms with Crippen LogP contribution in [0.3, 0.4) is 0 Å². The number of benzene rings is 8. The summed E-state index contributed by atoms with van der Waals surface area (Å²) in [7, 11) is -3.10. The lowest BCUT2D eigenvalue weighted by atomic mass is 10.1. The molecular weight excluding hydrogens is 733 g/mol. The van der Waals surface area contributed by atoms with Gasteiger partial charge in [0.05, 0.1) is 22.1 Å². The first-order valence-corrected chi connectivity index (χ1v) is 22.3. The van der Waals surface area contributed by atoms with E-state index < -0.39 is 8.07 Å². The van der Waals surface area contributed by atoms with E-state index in [-0.39, 0.29) is 0 Å². The number of fused-ring (bicyclic) bond motifs is 10. The zero-order chi connectivity index (χ0) is 39.5. The zero-order valence-corrected chi connectivity index (χ0v) is 33.7. The number of rotatable bonds is 8. The van der Waals surface area contributed by atoms with E-state index in [4.69, 9.17) is 4.42 Å². The number of hydrogen-bond donors (Lipinski definition) is 0. The summed E-state index contributed by atoms with van der Waals surface area (Å²) in [4.78, 5) is 0. The lowest BCUT2D eigenvalue weighted by Gasteiger charge is -2.36. The first-order valence-electron chi connectivity index (χ1n) is 20.3. The van der Waals surface area contributed by atoms with Gasteiger partial charge in [-0.25, -0.2) is 0 Å². The average Bonchev–Trinajstić information content (AvgIpc) is 3.96. The Bertz CT molecular complexity index is 3460. The maximum absolute atomic E-state index is 6.39. The quantitative estimate of drug-likeness (QED) is 0.0857. The lowest BCUT2D eigenvalue weighted by Crippen LogP contribution is -2.68. The largest absolute Gasteiger partial charge is 0.456 e. The van der Waals surface area contributed by atoms with E-state index in [0.29, 0.717) is 0 Å². The summed E-state index contributed by atoms with van der Waals surface area (Å²) < 4.78 is 11.3. The Morgan fingerprint density at radius 2 is 1.10 bits per heavy atom. The van der Waals surface area contributed by atoms with Gasteiger partial charge in [-0.3, -0.25) is 0 Å². The molecule has 0 aliphatic heterocycles. The van der Waals surface area contributed by atoms with Crippen molar-refractivity contribution in [3.63, 3.8) is 0 Å². The predicted molar refractivity (Wildman–Crippen MR) is 253 cm³/mol. The highest BCUT2D eigenvalue weighted by Gasteiger charge is 2.44. The second-order valence-corrected chi connectivity index (χ2v) is 19.0. The molecule has 0 amide bonds. The summed E-state index contributed by atoms with van der Waals surface area (Å²) in [5, 5.41) is 12.4. The second kappa shape index (κ2) is 13.9. The van der Waals surface area contributed by atoms with Crippen molar-refractivity contribution in [1.82, 2.24) is 9.13 Å². The first-order chi connectivity index (χ1) is 29.2. The number of para-hydroxylation sites is 5. The molecular formula is C55H40N2OSi. The van der Waals surface area contributed by atoms with E-state index in [0.717, 1.165) is 44.3 Å². The average molecular weight is 773 g/mol. The second-order valence-electron chi connectivity index (χ2n) is 15.2. The fourth-order valence-electron chi connectivity index (χ4n) is 9.85. The summed E-state index contributed by atoms with van der Waals surface area (Å²) >= 11 is 0. The molecule has 8 aromatic carbocycles. The SMILES string of the molecule is C=C/C=C(\C=C/C)[Si](c1ccccc1)(c1ccc(-n2c3ccccc3c3c4c(ccc32)oc2ccccc24)cc1)c1cccc2c3ccccc3n(-c3ccccc3)c12. The highest BCUT2D eigenvalue weighted by Crippen LogP contribution is 2.41. The normalized spacial score (nSPS) is 13.4. The third-order valence-electron chi connectivity index (χ3n) is 12.1. The predicted octanol–water partition coefficient (Wildman–Crippen LogP) is 12.5. The third-order valence-corrected chi connectivity index (χ3v) is 16.9. The fraction of sp³-hybridized carbons (Fsp3) is 0.0182. The van der Waals surface area contributed by atoms with Crippen molar-refractivity contribution in [2.75, 3.05) is 0 Å². The highest BCUT2D eigenvalue weighted by molar-refractivity contribution is 7.17. The van der Waals surface area contributed by atoms with Gasteiger partial charge in [0.25, 0.3) is 0 Å². The van der Waals surface area contributed by atoms with Gasteiger partial charge in [-0.1, -0.05) is 164 Å². The van der Waals surface area contributed by atoms with Crippen molar-refractivity contribution in [1.29, 1.82) is 0 Å². The van der Waals surface area contributed by atoms with Crippen molar-refractivity contribution in [2.45, 2.75) is 6.92 Å². The van der Waals surface area contributed by atoms with E-state index in [1.54, 1.807) is 0 Å². The Labute approximate surface area is 343 Å². The minimum absolute atomic E-state index is 0.906. The van der Waals surface area contributed by atoms with Crippen LogP contribution >= 0.6 is 0 Å². The van der Waals surface area contributed by atoms with Crippen molar-refractivity contribution in [3.8, 4) is 11.4 Å². The van der Waals surface area contributed by atoms with Gasteiger partial charge in [0.15, 0.2) is 8.07 Å². The molecule has 280 valence electrons. The van der Waals surface area contributed by atoms with Gasteiger partial charge in [0.1, 0.15) is 11.2 Å². The molecule has 4 heteroatoms. The number of hydrogen-bond acceptors (Lipinski definition) is 1. The Morgan fingerprint density at radius 3 is 1.85 bits per heavy atom. The molecule has 3 nitrogen and oxygen atoms in total. The van der Waals surface area contributed by atoms with Gasteiger partial charge in [0, 0.05) is 43.7 Å². The fourth-order valence-corrected chi connectivity index (χ4v) is 14.9. The first kappa shape index (κ1) is 34.8. The van der Waals surface area contributed by atoms with Gasteiger partial charge in [-0.05, 0) is 82.3 Å². The number of allylic oxidation sites excluding steroid dienone is 5. The molecule has 0 saturated heterocycles. The molecule has 0 bridgehead atoms. The molecule has 0 spiro atoms. The summed E-state index contributed by atoms with van der Waals surface area (Å²) in [6.07, 6.45) is 8.70. The molecule has 0 aliphatic rings. The molecule has 1 unspecified atom stereocenters. The Kier molecular flexibility index (Phi) is 8.21. The molecule has 0 radical (unpaired) electrons. The van der Waals surface area contributed by atoms with E-state index in [1.165, 1.54) is 53.3 Å². The van der Waals surface area contributed by atoms with E-state index >= 15 is 0 Å². The van der Waals surface area contributed by atoms with Gasteiger partial charge in [0.2, 0.25) is 0 Å².